The lowest BCUT2D eigenvalue weighted by atomic mass is 9.95. The maximum Gasteiger partial charge on any atom is 0.295 e. The average Bonchev–Trinajstić information content (AvgIpc) is 3.08. The molecule has 1 N–H and O–H groups in total. The van der Waals surface area contributed by atoms with Crippen LogP contribution in [-0.4, -0.2) is 73.1 Å². The number of carbonyl (C=O) groups is 2. The number of ketones is 1. The van der Waals surface area contributed by atoms with Crippen LogP contribution in [0.3, 0.4) is 0 Å². The maximum absolute atomic E-state index is 13.6. The summed E-state index contributed by atoms with van der Waals surface area (Å²) >= 11 is 6.20. The Balaban J connectivity index is 1.74. The number of aliphatic hydroxyl groups excluding tert-OH is 1. The van der Waals surface area contributed by atoms with Crippen molar-refractivity contribution < 1.29 is 28.6 Å². The third-order valence-electron chi connectivity index (χ3n) is 5.91. The highest BCUT2D eigenvalue weighted by Gasteiger charge is 2.46. The molecule has 2 aromatic rings. The van der Waals surface area contributed by atoms with Crippen LogP contribution in [-0.2, 0) is 14.3 Å². The molecule has 2 aromatic carbocycles. The summed E-state index contributed by atoms with van der Waals surface area (Å²) in [7, 11) is 1.47. The second-order valence-electron chi connectivity index (χ2n) is 7.85. The first-order chi connectivity index (χ1) is 15.9. The molecule has 7 nitrogen and oxygen atoms in total. The average molecular weight is 475 g/mol. The van der Waals surface area contributed by atoms with Gasteiger partial charge >= 0.3 is 0 Å². The minimum Gasteiger partial charge on any atom is -0.507 e. The maximum atomic E-state index is 13.6. The van der Waals surface area contributed by atoms with Crippen LogP contribution in [0.2, 0.25) is 5.02 Å². The number of aliphatic hydroxyl groups is 1. The van der Waals surface area contributed by atoms with Gasteiger partial charge in [0.2, 0.25) is 0 Å². The molecule has 1 amide bonds. The summed E-state index contributed by atoms with van der Waals surface area (Å²) in [6.45, 7) is 3.50. The van der Waals surface area contributed by atoms with E-state index >= 15 is 0 Å². The summed E-state index contributed by atoms with van der Waals surface area (Å²) in [5, 5.41) is 11.3. The van der Waals surface area contributed by atoms with Gasteiger partial charge in [0.25, 0.3) is 11.7 Å². The van der Waals surface area contributed by atoms with Crippen LogP contribution in [0.4, 0.5) is 4.39 Å². The van der Waals surface area contributed by atoms with Gasteiger partial charge in [-0.25, -0.2) is 4.39 Å². The molecule has 2 saturated heterocycles. The second kappa shape index (κ2) is 9.91. The third-order valence-corrected chi connectivity index (χ3v) is 6.21. The van der Waals surface area contributed by atoms with Crippen LogP contribution >= 0.6 is 11.6 Å². The number of methoxy groups -OCH3 is 1. The van der Waals surface area contributed by atoms with E-state index in [0.29, 0.717) is 31.1 Å². The Morgan fingerprint density at radius 1 is 1.15 bits per heavy atom. The summed E-state index contributed by atoms with van der Waals surface area (Å²) in [5.41, 5.74) is 0.743. The van der Waals surface area contributed by atoms with Gasteiger partial charge in [-0.15, -0.1) is 0 Å². The van der Waals surface area contributed by atoms with E-state index in [-0.39, 0.29) is 28.5 Å². The molecule has 0 spiro atoms. The van der Waals surface area contributed by atoms with Gasteiger partial charge < -0.3 is 19.5 Å². The third kappa shape index (κ3) is 4.73. The van der Waals surface area contributed by atoms with Gasteiger partial charge in [-0.3, -0.25) is 14.5 Å². The predicted molar refractivity (Wildman–Crippen MR) is 121 cm³/mol. The lowest BCUT2D eigenvalue weighted by Crippen LogP contribution is -2.42. The summed E-state index contributed by atoms with van der Waals surface area (Å²) < 4.78 is 24.1. The van der Waals surface area contributed by atoms with Crippen molar-refractivity contribution in [2.24, 2.45) is 0 Å². The van der Waals surface area contributed by atoms with Gasteiger partial charge in [-0.2, -0.15) is 0 Å². The number of rotatable bonds is 6. The summed E-state index contributed by atoms with van der Waals surface area (Å²) in [6.07, 6.45) is 0. The predicted octanol–water partition coefficient (Wildman–Crippen LogP) is 3.24. The first-order valence-corrected chi connectivity index (χ1v) is 11.0. The molecule has 2 aliphatic rings. The molecule has 33 heavy (non-hydrogen) atoms. The lowest BCUT2D eigenvalue weighted by molar-refractivity contribution is -0.140. The number of ether oxygens (including phenoxy) is 2. The van der Waals surface area contributed by atoms with Gasteiger partial charge in [0.15, 0.2) is 0 Å². The van der Waals surface area contributed by atoms with E-state index < -0.39 is 23.5 Å². The Morgan fingerprint density at radius 3 is 2.48 bits per heavy atom. The van der Waals surface area contributed by atoms with Crippen LogP contribution < -0.4 is 4.74 Å². The van der Waals surface area contributed by atoms with Crippen molar-refractivity contribution in [3.63, 3.8) is 0 Å². The van der Waals surface area contributed by atoms with E-state index in [1.54, 1.807) is 12.1 Å². The number of benzene rings is 2. The number of morpholine rings is 1. The zero-order valence-corrected chi connectivity index (χ0v) is 18.8. The van der Waals surface area contributed by atoms with E-state index in [9.17, 15) is 19.1 Å². The first-order valence-electron chi connectivity index (χ1n) is 10.6. The zero-order chi connectivity index (χ0) is 23.5. The minimum atomic E-state index is -0.854. The van der Waals surface area contributed by atoms with E-state index in [4.69, 9.17) is 21.1 Å². The molecular weight excluding hydrogens is 451 g/mol. The largest absolute Gasteiger partial charge is 0.507 e. The molecule has 2 heterocycles. The summed E-state index contributed by atoms with van der Waals surface area (Å²) in [6, 6.07) is 9.31. The van der Waals surface area contributed by atoms with E-state index in [0.717, 1.165) is 13.1 Å². The van der Waals surface area contributed by atoms with Crippen LogP contribution in [0.1, 0.15) is 17.2 Å². The van der Waals surface area contributed by atoms with Crippen molar-refractivity contribution in [3.8, 4) is 5.75 Å². The number of likely N-dealkylation sites (tertiary alicyclic amines) is 1. The number of halogens is 2. The molecule has 0 aromatic heterocycles. The first kappa shape index (κ1) is 23.2. The van der Waals surface area contributed by atoms with Gasteiger partial charge in [0.05, 0.1) is 37.0 Å². The number of Topliss-reactive ketones (excluding diaryl/α,β-unsaturated/α-hetero) is 1. The van der Waals surface area contributed by atoms with Crippen molar-refractivity contribution in [1.82, 2.24) is 9.80 Å². The summed E-state index contributed by atoms with van der Waals surface area (Å²) in [4.78, 5) is 29.7. The number of hydrogen-bond donors (Lipinski definition) is 1. The molecule has 174 valence electrons. The fraction of sp³-hybridized carbons (Fsp3) is 0.333. The smallest absolute Gasteiger partial charge is 0.295 e. The molecular formula is C24H24ClFN2O5. The van der Waals surface area contributed by atoms with Crippen LogP contribution in [0.5, 0.6) is 5.75 Å². The number of nitrogens with zero attached hydrogens (tertiary/aromatic N) is 2. The second-order valence-corrected chi connectivity index (χ2v) is 8.25. The fourth-order valence-electron chi connectivity index (χ4n) is 4.15. The van der Waals surface area contributed by atoms with Crippen molar-refractivity contribution >= 4 is 29.1 Å². The van der Waals surface area contributed by atoms with Crippen LogP contribution in [0.25, 0.3) is 5.76 Å². The van der Waals surface area contributed by atoms with Gasteiger partial charge in [0, 0.05) is 31.7 Å². The fourth-order valence-corrected chi connectivity index (χ4v) is 4.40. The van der Waals surface area contributed by atoms with E-state index in [2.05, 4.69) is 4.90 Å². The Bertz CT molecular complexity index is 1080. The monoisotopic (exact) mass is 474 g/mol. The highest BCUT2D eigenvalue weighted by Crippen LogP contribution is 2.40. The molecule has 0 saturated carbocycles. The molecule has 9 heteroatoms. The minimum absolute atomic E-state index is 0.0604. The quantitative estimate of drug-likeness (QED) is 0.393. The molecule has 2 fully saturated rings. The number of amides is 1. The van der Waals surface area contributed by atoms with E-state index in [1.165, 1.54) is 42.3 Å². The van der Waals surface area contributed by atoms with Gasteiger partial charge in [0.1, 0.15) is 17.3 Å². The van der Waals surface area contributed by atoms with Gasteiger partial charge in [-0.05, 0) is 35.9 Å². The standard InChI is InChI=1S/C24H24ClFN2O5/c1-32-19-7-4-16(14-18(19)25)22(29)20-21(15-2-5-17(26)6-3-15)28(24(31)23(20)30)9-8-27-10-12-33-13-11-27/h2-7,14,21,29H,8-13H2,1H3/b22-20+/t21-/m0/s1. The molecule has 0 bridgehead atoms. The van der Waals surface area contributed by atoms with Crippen molar-refractivity contribution in [2.45, 2.75) is 6.04 Å². The Kier molecular flexibility index (Phi) is 6.97. The van der Waals surface area contributed by atoms with Crippen molar-refractivity contribution in [3.05, 3.63) is 70.0 Å². The van der Waals surface area contributed by atoms with Gasteiger partial charge in [-0.1, -0.05) is 23.7 Å². The van der Waals surface area contributed by atoms with Crippen molar-refractivity contribution in [1.29, 1.82) is 0 Å². The molecule has 0 unspecified atom stereocenters. The molecule has 2 aliphatic heterocycles. The zero-order valence-electron chi connectivity index (χ0n) is 18.1. The Labute approximate surface area is 195 Å². The highest BCUT2D eigenvalue weighted by atomic mass is 35.5. The normalized spacial score (nSPS) is 20.9. The Hall–Kier alpha value is -2.94. The number of carbonyl (C=O) groups excluding carboxylic acids is 2. The lowest BCUT2D eigenvalue weighted by Gasteiger charge is -2.31. The summed E-state index contributed by atoms with van der Waals surface area (Å²) in [5.74, 6) is -1.88. The Morgan fingerprint density at radius 2 is 1.85 bits per heavy atom. The van der Waals surface area contributed by atoms with Crippen LogP contribution in [0.15, 0.2) is 48.0 Å². The molecule has 1 atom stereocenters. The molecule has 4 rings (SSSR count). The SMILES string of the molecule is COc1ccc(/C(O)=C2\C(=O)C(=O)N(CCN3CCOCC3)[C@H]2c2ccc(F)cc2)cc1Cl. The molecule has 0 aliphatic carbocycles. The van der Waals surface area contributed by atoms with E-state index in [1.807, 2.05) is 0 Å². The highest BCUT2D eigenvalue weighted by molar-refractivity contribution is 6.46. The van der Waals surface area contributed by atoms with Crippen molar-refractivity contribution in [2.75, 3.05) is 46.5 Å². The molecule has 0 radical (unpaired) electrons. The number of hydrogen-bond acceptors (Lipinski definition) is 6. The van der Waals surface area contributed by atoms with Crippen LogP contribution in [0, 0.1) is 5.82 Å². The topological polar surface area (TPSA) is 79.3 Å².